The average Bonchev–Trinajstić information content (AvgIpc) is 2.14. The van der Waals surface area contributed by atoms with E-state index in [2.05, 4.69) is 0 Å². The maximum absolute atomic E-state index is 11.1. The fourth-order valence-electron chi connectivity index (χ4n) is 1.52. The van der Waals surface area contributed by atoms with E-state index in [-0.39, 0.29) is 6.42 Å². The van der Waals surface area contributed by atoms with E-state index in [1.165, 1.54) is 0 Å². The van der Waals surface area contributed by atoms with Crippen molar-refractivity contribution < 1.29 is 18.1 Å². The Labute approximate surface area is 89.3 Å². The summed E-state index contributed by atoms with van der Waals surface area (Å²) in [5.41, 5.74) is 1.25. The highest BCUT2D eigenvalue weighted by molar-refractivity contribution is 7.86. The van der Waals surface area contributed by atoms with Gasteiger partial charge in [-0.15, -0.1) is 0 Å². The molecule has 4 nitrogen and oxygen atoms in total. The molecule has 0 aromatic heterocycles. The van der Waals surface area contributed by atoms with Crippen LogP contribution in [0.15, 0.2) is 24.3 Å². The van der Waals surface area contributed by atoms with Crippen molar-refractivity contribution in [2.75, 3.05) is 6.61 Å². The van der Waals surface area contributed by atoms with Gasteiger partial charge in [0.2, 0.25) is 0 Å². The number of aryl methyl sites for hydroxylation is 1. The topological polar surface area (TPSA) is 74.3 Å². The van der Waals surface area contributed by atoms with E-state index in [1.807, 2.05) is 0 Å². The van der Waals surface area contributed by atoms with Gasteiger partial charge in [0.05, 0.1) is 6.61 Å². The summed E-state index contributed by atoms with van der Waals surface area (Å²) in [7, 11) is -4.20. The summed E-state index contributed by atoms with van der Waals surface area (Å²) in [5.74, 6) is 0. The second kappa shape index (κ2) is 4.74. The molecular weight excluding hydrogens is 216 g/mol. The minimum atomic E-state index is -4.20. The van der Waals surface area contributed by atoms with Crippen molar-refractivity contribution in [1.82, 2.24) is 0 Å². The van der Waals surface area contributed by atoms with E-state index < -0.39 is 22.0 Å². The molecular formula is C10H13O4S. The standard InChI is InChI=1S/C10H13O4S/c1-8-4-2-3-5-9(8)10(6-7-11)15(12,13)14/h2-5,10H,6-7H2,1H3,(H,12,13,14). The van der Waals surface area contributed by atoms with Gasteiger partial charge in [-0.2, -0.15) is 8.42 Å². The first-order chi connectivity index (χ1) is 6.96. The van der Waals surface area contributed by atoms with Crippen LogP contribution < -0.4 is 0 Å². The third-order valence-corrected chi connectivity index (χ3v) is 3.48. The van der Waals surface area contributed by atoms with Crippen LogP contribution in [0.5, 0.6) is 0 Å². The first kappa shape index (κ1) is 12.2. The smallest absolute Gasteiger partial charge is 0.272 e. The van der Waals surface area contributed by atoms with Crippen molar-refractivity contribution in [2.45, 2.75) is 18.6 Å². The number of benzene rings is 1. The van der Waals surface area contributed by atoms with Crippen molar-refractivity contribution in [3.05, 3.63) is 35.4 Å². The van der Waals surface area contributed by atoms with Gasteiger partial charge >= 0.3 is 0 Å². The molecule has 0 aliphatic rings. The molecule has 0 saturated heterocycles. The predicted octanol–water partition coefficient (Wildman–Crippen LogP) is 1.74. The third-order valence-electron chi connectivity index (χ3n) is 2.27. The Morgan fingerprint density at radius 2 is 1.93 bits per heavy atom. The minimum absolute atomic E-state index is 0.107. The average molecular weight is 229 g/mol. The fourth-order valence-corrected chi connectivity index (χ4v) is 2.50. The Morgan fingerprint density at radius 3 is 2.40 bits per heavy atom. The molecule has 0 aliphatic carbocycles. The van der Waals surface area contributed by atoms with E-state index in [1.54, 1.807) is 31.2 Å². The molecule has 0 fully saturated rings. The lowest BCUT2D eigenvalue weighted by Crippen LogP contribution is -2.14. The second-order valence-electron chi connectivity index (χ2n) is 3.35. The van der Waals surface area contributed by atoms with E-state index in [9.17, 15) is 13.5 Å². The van der Waals surface area contributed by atoms with Crippen molar-refractivity contribution in [3.8, 4) is 0 Å². The van der Waals surface area contributed by atoms with E-state index in [4.69, 9.17) is 4.55 Å². The van der Waals surface area contributed by atoms with Crippen LogP contribution in [0, 0.1) is 6.92 Å². The van der Waals surface area contributed by atoms with Gasteiger partial charge in [0.25, 0.3) is 10.1 Å². The molecule has 1 atom stereocenters. The molecule has 1 radical (unpaired) electrons. The molecule has 0 amide bonds. The number of hydrogen-bond donors (Lipinski definition) is 1. The van der Waals surface area contributed by atoms with E-state index >= 15 is 0 Å². The van der Waals surface area contributed by atoms with Crippen LogP contribution >= 0.6 is 0 Å². The lowest BCUT2D eigenvalue weighted by atomic mass is 10.0. The third kappa shape index (κ3) is 3.02. The van der Waals surface area contributed by atoms with Crippen LogP contribution in [0.1, 0.15) is 22.8 Å². The molecule has 0 aliphatic heterocycles. The number of hydrogen-bond acceptors (Lipinski definition) is 2. The van der Waals surface area contributed by atoms with Crippen molar-refractivity contribution in [1.29, 1.82) is 0 Å². The van der Waals surface area contributed by atoms with Crippen LogP contribution in [0.2, 0.25) is 0 Å². The molecule has 15 heavy (non-hydrogen) atoms. The maximum Gasteiger partial charge on any atom is 0.272 e. The molecule has 0 heterocycles. The minimum Gasteiger partial charge on any atom is -0.285 e. The largest absolute Gasteiger partial charge is 0.285 e. The van der Waals surface area contributed by atoms with Gasteiger partial charge in [0, 0.05) is 0 Å². The molecule has 0 bridgehead atoms. The van der Waals surface area contributed by atoms with Gasteiger partial charge in [0.15, 0.2) is 0 Å². The van der Waals surface area contributed by atoms with Crippen molar-refractivity contribution >= 4 is 10.1 Å². The molecule has 1 unspecified atom stereocenters. The first-order valence-corrected chi connectivity index (χ1v) is 6.07. The lowest BCUT2D eigenvalue weighted by molar-refractivity contribution is 0.186. The molecule has 1 aromatic rings. The summed E-state index contributed by atoms with van der Waals surface area (Å²) in [4.78, 5) is 0. The highest BCUT2D eigenvalue weighted by atomic mass is 32.2. The van der Waals surface area contributed by atoms with Crippen LogP contribution in [0.3, 0.4) is 0 Å². The van der Waals surface area contributed by atoms with E-state index in [0.29, 0.717) is 5.56 Å². The maximum atomic E-state index is 11.1. The SMILES string of the molecule is Cc1ccccc1C(CC[O])S(=O)(=O)O. The van der Waals surface area contributed by atoms with Crippen LogP contribution in [-0.2, 0) is 15.2 Å². The summed E-state index contributed by atoms with van der Waals surface area (Å²) < 4.78 is 31.2. The zero-order valence-electron chi connectivity index (χ0n) is 8.38. The molecule has 1 aromatic carbocycles. The van der Waals surface area contributed by atoms with E-state index in [0.717, 1.165) is 5.56 Å². The van der Waals surface area contributed by atoms with Gasteiger partial charge in [-0.1, -0.05) is 24.3 Å². The highest BCUT2D eigenvalue weighted by Crippen LogP contribution is 2.27. The Kier molecular flexibility index (Phi) is 3.84. The van der Waals surface area contributed by atoms with Crippen LogP contribution in [-0.4, -0.2) is 19.6 Å². The Balaban J connectivity index is 3.16. The summed E-state index contributed by atoms with van der Waals surface area (Å²) >= 11 is 0. The van der Waals surface area contributed by atoms with Crippen molar-refractivity contribution in [2.24, 2.45) is 0 Å². The fraction of sp³-hybridized carbons (Fsp3) is 0.400. The van der Waals surface area contributed by atoms with Gasteiger partial charge in [-0.3, -0.25) is 4.55 Å². The van der Waals surface area contributed by atoms with Crippen LogP contribution in [0.4, 0.5) is 0 Å². The van der Waals surface area contributed by atoms with Gasteiger partial charge in [0.1, 0.15) is 5.25 Å². The molecule has 0 saturated carbocycles. The van der Waals surface area contributed by atoms with Crippen molar-refractivity contribution in [3.63, 3.8) is 0 Å². The highest BCUT2D eigenvalue weighted by Gasteiger charge is 2.25. The normalized spacial score (nSPS) is 13.8. The summed E-state index contributed by atoms with van der Waals surface area (Å²) in [6, 6.07) is 6.82. The summed E-state index contributed by atoms with van der Waals surface area (Å²) in [6.07, 6.45) is -0.107. The molecule has 5 heteroatoms. The molecule has 1 rings (SSSR count). The van der Waals surface area contributed by atoms with Gasteiger partial charge < -0.3 is 0 Å². The Bertz CT molecular complexity index is 425. The van der Waals surface area contributed by atoms with Crippen LogP contribution in [0.25, 0.3) is 0 Å². The lowest BCUT2D eigenvalue weighted by Gasteiger charge is -2.14. The Morgan fingerprint density at radius 1 is 1.33 bits per heavy atom. The molecule has 83 valence electrons. The molecule has 0 spiro atoms. The second-order valence-corrected chi connectivity index (χ2v) is 4.95. The zero-order chi connectivity index (χ0) is 11.5. The molecule has 1 N–H and O–H groups in total. The zero-order valence-corrected chi connectivity index (χ0v) is 9.20. The first-order valence-electron chi connectivity index (χ1n) is 4.56. The Hall–Kier alpha value is -0.910. The predicted molar refractivity (Wildman–Crippen MR) is 55.6 cm³/mol. The summed E-state index contributed by atoms with van der Waals surface area (Å²) in [6.45, 7) is 1.22. The summed E-state index contributed by atoms with van der Waals surface area (Å²) in [5, 5.41) is 9.40. The number of rotatable bonds is 4. The van der Waals surface area contributed by atoms with Gasteiger partial charge in [-0.05, 0) is 24.5 Å². The quantitative estimate of drug-likeness (QED) is 0.799. The van der Waals surface area contributed by atoms with Gasteiger partial charge in [-0.25, -0.2) is 5.11 Å². The monoisotopic (exact) mass is 229 g/mol.